The summed E-state index contributed by atoms with van der Waals surface area (Å²) < 4.78 is 19.6. The highest BCUT2D eigenvalue weighted by atomic mass is 79.9. The molecule has 0 amide bonds. The second-order valence-electron chi connectivity index (χ2n) is 7.59. The first-order valence-corrected chi connectivity index (χ1v) is 12.1. The first-order chi connectivity index (χ1) is 15.9. The molecule has 1 saturated heterocycles. The number of amidine groups is 1. The summed E-state index contributed by atoms with van der Waals surface area (Å²) in [4.78, 5) is 35.8. The predicted molar refractivity (Wildman–Crippen MR) is 125 cm³/mol. The molecule has 174 valence electrons. The van der Waals surface area contributed by atoms with Gasteiger partial charge in [-0.15, -0.1) is 11.3 Å². The molecule has 1 aromatic heterocycles. The molecule has 2 N–H and O–H groups in total. The topological polar surface area (TPSA) is 104 Å². The molecule has 1 aromatic carbocycles. The van der Waals surface area contributed by atoms with Crippen molar-refractivity contribution in [3.8, 4) is 0 Å². The van der Waals surface area contributed by atoms with Crippen LogP contribution in [0, 0.1) is 5.82 Å². The van der Waals surface area contributed by atoms with Crippen molar-refractivity contribution in [1.82, 2.24) is 15.2 Å². The standard InChI is InChI=1S/C22H22BrFN4O4S/c1-2-32-22(31)17-15(11-28-8-3-4-16(28)21(29)30)26-19(20-25-7-9-33-20)27-18(17)13-6-5-12(24)10-14(13)23/h5-7,9-10,16,18H,2-4,8,11H2,1H3,(H,26,27)(H,29,30). The number of nitrogens with one attached hydrogen (secondary N) is 1. The number of hydrogen-bond donors (Lipinski definition) is 2. The number of carboxylic acid groups (broad SMARTS) is 1. The van der Waals surface area contributed by atoms with E-state index in [0.29, 0.717) is 39.5 Å². The van der Waals surface area contributed by atoms with Gasteiger partial charge in [-0.25, -0.2) is 14.2 Å². The van der Waals surface area contributed by atoms with Gasteiger partial charge in [-0.05, 0) is 44.0 Å². The highest BCUT2D eigenvalue weighted by molar-refractivity contribution is 9.10. The molecule has 4 rings (SSSR count). The fraction of sp³-hybridized carbons (Fsp3) is 0.364. The normalized spacial score (nSPS) is 21.0. The molecule has 2 unspecified atom stereocenters. The average molecular weight is 537 g/mol. The average Bonchev–Trinajstić information content (AvgIpc) is 3.46. The number of benzene rings is 1. The maximum atomic E-state index is 13.8. The Morgan fingerprint density at radius 2 is 2.24 bits per heavy atom. The van der Waals surface area contributed by atoms with E-state index in [9.17, 15) is 19.1 Å². The minimum Gasteiger partial charge on any atom is -0.480 e. The van der Waals surface area contributed by atoms with Crippen LogP contribution in [-0.4, -0.2) is 58.5 Å². The molecule has 0 bridgehead atoms. The minimum atomic E-state index is -0.895. The number of hydrogen-bond acceptors (Lipinski definition) is 8. The number of halogens is 2. The van der Waals surface area contributed by atoms with Crippen LogP contribution < -0.4 is 5.32 Å². The van der Waals surface area contributed by atoms with Gasteiger partial charge >= 0.3 is 11.9 Å². The molecule has 0 aliphatic carbocycles. The summed E-state index contributed by atoms with van der Waals surface area (Å²) in [5, 5.41) is 15.3. The Kier molecular flexibility index (Phi) is 7.20. The Morgan fingerprint density at radius 3 is 2.91 bits per heavy atom. The molecule has 11 heteroatoms. The molecule has 2 aromatic rings. The van der Waals surface area contributed by atoms with Gasteiger partial charge in [0.25, 0.3) is 0 Å². The Morgan fingerprint density at radius 1 is 1.42 bits per heavy atom. The van der Waals surface area contributed by atoms with Gasteiger partial charge in [-0.3, -0.25) is 14.7 Å². The monoisotopic (exact) mass is 536 g/mol. The first-order valence-electron chi connectivity index (χ1n) is 10.5. The van der Waals surface area contributed by atoms with Gasteiger partial charge in [-0.2, -0.15) is 0 Å². The van der Waals surface area contributed by atoms with Crippen molar-refractivity contribution >= 4 is 45.0 Å². The summed E-state index contributed by atoms with van der Waals surface area (Å²) in [6.45, 7) is 2.66. The van der Waals surface area contributed by atoms with Gasteiger partial charge in [0.05, 0.1) is 12.2 Å². The number of carbonyl (C=O) groups is 2. The lowest BCUT2D eigenvalue weighted by Gasteiger charge is -2.30. The number of aliphatic imine (C=N–C) groups is 1. The largest absolute Gasteiger partial charge is 0.480 e. The van der Waals surface area contributed by atoms with Crippen LogP contribution in [0.25, 0.3) is 0 Å². The molecule has 3 heterocycles. The van der Waals surface area contributed by atoms with E-state index in [-0.39, 0.29) is 18.7 Å². The third-order valence-corrected chi connectivity index (χ3v) is 6.99. The molecule has 2 atom stereocenters. The van der Waals surface area contributed by atoms with Gasteiger partial charge in [0.2, 0.25) is 0 Å². The van der Waals surface area contributed by atoms with Crippen molar-refractivity contribution in [2.45, 2.75) is 31.8 Å². The van der Waals surface area contributed by atoms with Crippen molar-refractivity contribution in [2.24, 2.45) is 4.99 Å². The van der Waals surface area contributed by atoms with Gasteiger partial charge in [-0.1, -0.05) is 22.0 Å². The lowest BCUT2D eigenvalue weighted by atomic mass is 9.95. The summed E-state index contributed by atoms with van der Waals surface area (Å²) >= 11 is 4.78. The Balaban J connectivity index is 1.83. The van der Waals surface area contributed by atoms with Gasteiger partial charge in [0.15, 0.2) is 10.8 Å². The molecule has 0 spiro atoms. The quantitative estimate of drug-likeness (QED) is 0.521. The van der Waals surface area contributed by atoms with E-state index < -0.39 is 29.8 Å². The van der Waals surface area contributed by atoms with Crippen LogP contribution in [0.15, 0.2) is 50.5 Å². The molecule has 2 aliphatic rings. The summed E-state index contributed by atoms with van der Waals surface area (Å²) in [5.74, 6) is -1.42. The van der Waals surface area contributed by atoms with Gasteiger partial charge < -0.3 is 15.2 Å². The van der Waals surface area contributed by atoms with Crippen LogP contribution in [0.2, 0.25) is 0 Å². The van der Waals surface area contributed by atoms with E-state index >= 15 is 0 Å². The van der Waals surface area contributed by atoms with Crippen LogP contribution >= 0.6 is 27.3 Å². The highest BCUT2D eigenvalue weighted by Gasteiger charge is 2.37. The number of esters is 1. The number of likely N-dealkylation sites (tertiary alicyclic amines) is 1. The molecule has 8 nitrogen and oxygen atoms in total. The van der Waals surface area contributed by atoms with Crippen molar-refractivity contribution < 1.29 is 23.8 Å². The number of carbonyl (C=O) groups excluding carboxylic acids is 1. The van der Waals surface area contributed by atoms with Crippen LogP contribution in [0.4, 0.5) is 4.39 Å². The molecular weight excluding hydrogens is 515 g/mol. The zero-order chi connectivity index (χ0) is 23.5. The zero-order valence-electron chi connectivity index (χ0n) is 17.8. The van der Waals surface area contributed by atoms with Crippen molar-refractivity contribution in [1.29, 1.82) is 0 Å². The first kappa shape index (κ1) is 23.5. The maximum absolute atomic E-state index is 13.8. The third-order valence-electron chi connectivity index (χ3n) is 5.52. The van der Waals surface area contributed by atoms with Crippen molar-refractivity contribution in [3.05, 3.63) is 61.9 Å². The Hall–Kier alpha value is -2.63. The Labute approximate surface area is 202 Å². The fourth-order valence-electron chi connectivity index (χ4n) is 4.07. The van der Waals surface area contributed by atoms with E-state index in [0.717, 1.165) is 6.42 Å². The number of aliphatic carboxylic acids is 1. The summed E-state index contributed by atoms with van der Waals surface area (Å²) in [6, 6.07) is 2.77. The highest BCUT2D eigenvalue weighted by Crippen LogP contribution is 2.37. The lowest BCUT2D eigenvalue weighted by Crippen LogP contribution is -2.43. The molecule has 2 aliphatic heterocycles. The second-order valence-corrected chi connectivity index (χ2v) is 9.34. The van der Waals surface area contributed by atoms with Crippen LogP contribution in [0.5, 0.6) is 0 Å². The van der Waals surface area contributed by atoms with E-state index in [1.807, 2.05) is 10.3 Å². The summed E-state index contributed by atoms with van der Waals surface area (Å²) in [5.41, 5.74) is 1.35. The second kappa shape index (κ2) is 10.1. The number of ether oxygens (including phenoxy) is 1. The number of carboxylic acids is 1. The number of nitrogens with zero attached hydrogens (tertiary/aromatic N) is 3. The van der Waals surface area contributed by atoms with E-state index in [2.05, 4.69) is 26.2 Å². The van der Waals surface area contributed by atoms with Gasteiger partial charge in [0.1, 0.15) is 17.9 Å². The summed E-state index contributed by atoms with van der Waals surface area (Å²) in [6.07, 6.45) is 2.94. The molecule has 0 radical (unpaired) electrons. The molecule has 0 saturated carbocycles. The van der Waals surface area contributed by atoms with E-state index in [1.54, 1.807) is 19.2 Å². The molecule has 33 heavy (non-hydrogen) atoms. The number of thiazole rings is 1. The van der Waals surface area contributed by atoms with Crippen molar-refractivity contribution in [3.63, 3.8) is 0 Å². The maximum Gasteiger partial charge on any atom is 0.338 e. The smallest absolute Gasteiger partial charge is 0.338 e. The zero-order valence-corrected chi connectivity index (χ0v) is 20.2. The fourth-order valence-corrected chi connectivity index (χ4v) is 5.22. The SMILES string of the molecule is CCOC(=O)C1=C(CN2CCCC2C(=O)O)NC(c2nccs2)=NC1c1ccc(F)cc1Br. The predicted octanol–water partition coefficient (Wildman–Crippen LogP) is 3.50. The molecular formula is C22H22BrFN4O4S. The molecule has 1 fully saturated rings. The lowest BCUT2D eigenvalue weighted by molar-refractivity contribution is -0.142. The summed E-state index contributed by atoms with van der Waals surface area (Å²) in [7, 11) is 0. The minimum absolute atomic E-state index is 0.164. The van der Waals surface area contributed by atoms with Crippen LogP contribution in [0.1, 0.15) is 36.4 Å². The van der Waals surface area contributed by atoms with E-state index in [1.165, 1.54) is 23.5 Å². The Bertz CT molecular complexity index is 1120. The van der Waals surface area contributed by atoms with Crippen LogP contribution in [-0.2, 0) is 14.3 Å². The van der Waals surface area contributed by atoms with Crippen molar-refractivity contribution in [2.75, 3.05) is 19.7 Å². The third kappa shape index (κ3) is 4.99. The van der Waals surface area contributed by atoms with Crippen LogP contribution in [0.3, 0.4) is 0 Å². The van der Waals surface area contributed by atoms with Gasteiger partial charge in [0, 0.05) is 28.3 Å². The number of rotatable bonds is 7. The van der Waals surface area contributed by atoms with E-state index in [4.69, 9.17) is 9.73 Å². The number of aromatic nitrogens is 1.